The van der Waals surface area contributed by atoms with Gasteiger partial charge in [0.05, 0.1) is 13.2 Å². The number of carbonyl (C=O) groups is 1. The quantitative estimate of drug-likeness (QED) is 0.813. The monoisotopic (exact) mass is 258 g/mol. The molecule has 1 atom stereocenters. The van der Waals surface area contributed by atoms with Gasteiger partial charge in [0.2, 0.25) is 5.91 Å². The summed E-state index contributed by atoms with van der Waals surface area (Å²) in [5.74, 6) is -2.11. The molecule has 0 spiro atoms. The highest BCUT2D eigenvalue weighted by molar-refractivity contribution is 5.80. The van der Waals surface area contributed by atoms with Crippen molar-refractivity contribution < 1.29 is 18.3 Å². The average molecular weight is 258 g/mol. The van der Waals surface area contributed by atoms with E-state index in [-0.39, 0.29) is 18.5 Å². The standard InChI is InChI=1S/C12H16F2N2O2/c1-8(7-18-2)16-12(17)6-15-9-3-4-10(13)11(14)5-9/h3-5,8,15H,6-7H2,1-2H3,(H,16,17). The summed E-state index contributed by atoms with van der Waals surface area (Å²) < 4.78 is 30.4. The number of hydrogen-bond donors (Lipinski definition) is 2. The van der Waals surface area contributed by atoms with Crippen molar-refractivity contribution in [1.82, 2.24) is 5.32 Å². The number of rotatable bonds is 6. The van der Waals surface area contributed by atoms with Crippen molar-refractivity contribution in [2.45, 2.75) is 13.0 Å². The second-order valence-electron chi connectivity index (χ2n) is 3.91. The van der Waals surface area contributed by atoms with Crippen LogP contribution in [0.4, 0.5) is 14.5 Å². The van der Waals surface area contributed by atoms with Gasteiger partial charge in [-0.15, -0.1) is 0 Å². The Hall–Kier alpha value is -1.69. The lowest BCUT2D eigenvalue weighted by Gasteiger charge is -2.13. The van der Waals surface area contributed by atoms with Crippen LogP contribution in [-0.4, -0.2) is 32.2 Å². The van der Waals surface area contributed by atoms with E-state index in [1.807, 2.05) is 0 Å². The molecule has 0 heterocycles. The minimum Gasteiger partial charge on any atom is -0.383 e. The SMILES string of the molecule is COCC(C)NC(=O)CNc1ccc(F)c(F)c1. The lowest BCUT2D eigenvalue weighted by Crippen LogP contribution is -2.39. The number of carbonyl (C=O) groups excluding carboxylic acids is 1. The van der Waals surface area contributed by atoms with Crippen LogP contribution in [0.2, 0.25) is 0 Å². The summed E-state index contributed by atoms with van der Waals surface area (Å²) in [6.07, 6.45) is 0. The Kier molecular flexibility index (Phi) is 5.51. The van der Waals surface area contributed by atoms with Gasteiger partial charge in [0.15, 0.2) is 11.6 Å². The Bertz CT molecular complexity index is 413. The van der Waals surface area contributed by atoms with Crippen LogP contribution in [0.1, 0.15) is 6.92 Å². The van der Waals surface area contributed by atoms with Gasteiger partial charge in [0.1, 0.15) is 0 Å². The maximum absolute atomic E-state index is 12.9. The highest BCUT2D eigenvalue weighted by Gasteiger charge is 2.07. The van der Waals surface area contributed by atoms with E-state index in [1.54, 1.807) is 14.0 Å². The Labute approximate surface area is 104 Å². The van der Waals surface area contributed by atoms with Crippen molar-refractivity contribution in [2.24, 2.45) is 0 Å². The van der Waals surface area contributed by atoms with Crippen LogP contribution in [0.25, 0.3) is 0 Å². The second kappa shape index (κ2) is 6.90. The fourth-order valence-corrected chi connectivity index (χ4v) is 1.41. The van der Waals surface area contributed by atoms with E-state index >= 15 is 0 Å². The first-order valence-electron chi connectivity index (χ1n) is 5.50. The van der Waals surface area contributed by atoms with Crippen LogP contribution in [0.5, 0.6) is 0 Å². The lowest BCUT2D eigenvalue weighted by molar-refractivity contribution is -0.120. The van der Waals surface area contributed by atoms with Crippen LogP contribution < -0.4 is 10.6 Å². The number of methoxy groups -OCH3 is 1. The van der Waals surface area contributed by atoms with E-state index in [1.165, 1.54) is 6.07 Å². The van der Waals surface area contributed by atoms with Crippen molar-refractivity contribution in [3.63, 3.8) is 0 Å². The van der Waals surface area contributed by atoms with Crippen LogP contribution in [0, 0.1) is 11.6 Å². The smallest absolute Gasteiger partial charge is 0.239 e. The minimum absolute atomic E-state index is 0.0148. The zero-order chi connectivity index (χ0) is 13.5. The summed E-state index contributed by atoms with van der Waals surface area (Å²) in [5, 5.41) is 5.38. The van der Waals surface area contributed by atoms with E-state index in [2.05, 4.69) is 10.6 Å². The zero-order valence-corrected chi connectivity index (χ0v) is 10.3. The fraction of sp³-hybridized carbons (Fsp3) is 0.417. The molecule has 0 aromatic heterocycles. The maximum Gasteiger partial charge on any atom is 0.239 e. The van der Waals surface area contributed by atoms with E-state index < -0.39 is 11.6 Å². The Morgan fingerprint density at radius 3 is 2.72 bits per heavy atom. The number of amides is 1. The first kappa shape index (κ1) is 14.4. The number of benzene rings is 1. The molecule has 1 amide bonds. The zero-order valence-electron chi connectivity index (χ0n) is 10.3. The molecule has 4 nitrogen and oxygen atoms in total. The minimum atomic E-state index is -0.951. The third-order valence-corrected chi connectivity index (χ3v) is 2.20. The molecule has 1 rings (SSSR count). The molecule has 0 fully saturated rings. The normalized spacial score (nSPS) is 12.0. The van der Waals surface area contributed by atoms with Gasteiger partial charge in [0, 0.05) is 24.9 Å². The molecular formula is C12H16F2N2O2. The Morgan fingerprint density at radius 1 is 1.39 bits per heavy atom. The van der Waals surface area contributed by atoms with E-state index in [9.17, 15) is 13.6 Å². The molecule has 0 saturated heterocycles. The van der Waals surface area contributed by atoms with Crippen molar-refractivity contribution >= 4 is 11.6 Å². The number of anilines is 1. The van der Waals surface area contributed by atoms with Gasteiger partial charge < -0.3 is 15.4 Å². The largest absolute Gasteiger partial charge is 0.383 e. The summed E-state index contributed by atoms with van der Waals surface area (Å²) in [4.78, 5) is 11.5. The summed E-state index contributed by atoms with van der Waals surface area (Å²) >= 11 is 0. The first-order valence-corrected chi connectivity index (χ1v) is 5.50. The van der Waals surface area contributed by atoms with Gasteiger partial charge in [-0.3, -0.25) is 4.79 Å². The molecule has 0 aliphatic heterocycles. The molecule has 1 aromatic rings. The van der Waals surface area contributed by atoms with Gasteiger partial charge in [-0.25, -0.2) is 8.78 Å². The third kappa shape index (κ3) is 4.67. The lowest BCUT2D eigenvalue weighted by atomic mass is 10.3. The average Bonchev–Trinajstić information content (AvgIpc) is 2.31. The van der Waals surface area contributed by atoms with E-state index in [0.29, 0.717) is 12.3 Å². The summed E-state index contributed by atoms with van der Waals surface area (Å²) in [6, 6.07) is 3.27. The van der Waals surface area contributed by atoms with Gasteiger partial charge in [-0.1, -0.05) is 0 Å². The summed E-state index contributed by atoms with van der Waals surface area (Å²) in [5.41, 5.74) is 0.350. The number of ether oxygens (including phenoxy) is 1. The maximum atomic E-state index is 12.9. The topological polar surface area (TPSA) is 50.4 Å². The van der Waals surface area contributed by atoms with Crippen molar-refractivity contribution in [3.05, 3.63) is 29.8 Å². The summed E-state index contributed by atoms with van der Waals surface area (Å²) in [6.45, 7) is 2.20. The van der Waals surface area contributed by atoms with Gasteiger partial charge in [0.25, 0.3) is 0 Å². The number of halogens is 2. The molecule has 1 unspecified atom stereocenters. The van der Waals surface area contributed by atoms with Crippen LogP contribution >= 0.6 is 0 Å². The highest BCUT2D eigenvalue weighted by atomic mass is 19.2. The van der Waals surface area contributed by atoms with Crippen LogP contribution in [-0.2, 0) is 9.53 Å². The highest BCUT2D eigenvalue weighted by Crippen LogP contribution is 2.12. The molecule has 0 radical (unpaired) electrons. The van der Waals surface area contributed by atoms with E-state index in [0.717, 1.165) is 12.1 Å². The Morgan fingerprint density at radius 2 is 2.11 bits per heavy atom. The van der Waals surface area contributed by atoms with Crippen LogP contribution in [0.15, 0.2) is 18.2 Å². The number of hydrogen-bond acceptors (Lipinski definition) is 3. The molecule has 0 bridgehead atoms. The molecule has 100 valence electrons. The third-order valence-electron chi connectivity index (χ3n) is 2.20. The first-order chi connectivity index (χ1) is 8.52. The Balaban J connectivity index is 2.40. The molecular weight excluding hydrogens is 242 g/mol. The van der Waals surface area contributed by atoms with Crippen LogP contribution in [0.3, 0.4) is 0 Å². The predicted octanol–water partition coefficient (Wildman–Crippen LogP) is 1.53. The van der Waals surface area contributed by atoms with E-state index in [4.69, 9.17) is 4.74 Å². The molecule has 2 N–H and O–H groups in total. The van der Waals surface area contributed by atoms with Crippen molar-refractivity contribution in [2.75, 3.05) is 25.6 Å². The predicted molar refractivity (Wildman–Crippen MR) is 64.3 cm³/mol. The summed E-state index contributed by atoms with van der Waals surface area (Å²) in [7, 11) is 1.54. The van der Waals surface area contributed by atoms with Crippen molar-refractivity contribution in [3.8, 4) is 0 Å². The van der Waals surface area contributed by atoms with Gasteiger partial charge >= 0.3 is 0 Å². The fourth-order valence-electron chi connectivity index (χ4n) is 1.41. The van der Waals surface area contributed by atoms with Gasteiger partial charge in [-0.05, 0) is 19.1 Å². The molecule has 0 saturated carbocycles. The van der Waals surface area contributed by atoms with Crippen molar-refractivity contribution in [1.29, 1.82) is 0 Å². The molecule has 0 aliphatic rings. The second-order valence-corrected chi connectivity index (χ2v) is 3.91. The molecule has 1 aromatic carbocycles. The molecule has 6 heteroatoms. The molecule has 18 heavy (non-hydrogen) atoms. The molecule has 0 aliphatic carbocycles. The van der Waals surface area contributed by atoms with Gasteiger partial charge in [-0.2, -0.15) is 0 Å². The number of nitrogens with one attached hydrogen (secondary N) is 2.